The summed E-state index contributed by atoms with van der Waals surface area (Å²) in [6.07, 6.45) is 0.854. The van der Waals surface area contributed by atoms with Gasteiger partial charge in [0.1, 0.15) is 4.33 Å². The summed E-state index contributed by atoms with van der Waals surface area (Å²) in [7, 11) is 0. The Morgan fingerprint density at radius 1 is 1.37 bits per heavy atom. The van der Waals surface area contributed by atoms with E-state index in [0.29, 0.717) is 5.92 Å². The van der Waals surface area contributed by atoms with Crippen molar-refractivity contribution >= 4 is 46.3 Å². The Morgan fingerprint density at radius 3 is 2.58 bits per heavy atom. The van der Waals surface area contributed by atoms with E-state index in [4.69, 9.17) is 23.2 Å². The van der Waals surface area contributed by atoms with Gasteiger partial charge in [0.05, 0.1) is 0 Å². The second-order valence-electron chi connectivity index (χ2n) is 4.78. The lowest BCUT2D eigenvalue weighted by Crippen LogP contribution is -2.02. The second kappa shape index (κ2) is 5.28. The fourth-order valence-corrected chi connectivity index (χ4v) is 5.22. The lowest BCUT2D eigenvalue weighted by atomic mass is 10.1. The molecule has 1 aromatic carbocycles. The van der Waals surface area contributed by atoms with Crippen molar-refractivity contribution < 1.29 is 0 Å². The van der Waals surface area contributed by atoms with Gasteiger partial charge >= 0.3 is 0 Å². The van der Waals surface area contributed by atoms with Crippen LogP contribution in [-0.2, 0) is 0 Å². The largest absolute Gasteiger partial charge is 0.235 e. The molecule has 3 rings (SSSR count). The molecule has 2 unspecified atom stereocenters. The molecule has 1 aliphatic carbocycles. The highest BCUT2D eigenvalue weighted by Crippen LogP contribution is 2.63. The van der Waals surface area contributed by atoms with Crippen molar-refractivity contribution in [1.29, 1.82) is 0 Å². The van der Waals surface area contributed by atoms with Crippen molar-refractivity contribution in [3.63, 3.8) is 0 Å². The Morgan fingerprint density at radius 2 is 2.05 bits per heavy atom. The van der Waals surface area contributed by atoms with Crippen molar-refractivity contribution in [2.45, 2.75) is 27.3 Å². The number of aryl methyl sites for hydroxylation is 1. The molecule has 19 heavy (non-hydrogen) atoms. The number of aromatic nitrogens is 1. The standard InChI is InChI=1S/C14H13Cl2NS2/c1-9-8-18-13(17-9)19-12(11-7-14(11,15)16)10-5-3-2-4-6-10/h2-6,8,11-12H,7H2,1H3. The Kier molecular flexibility index (Phi) is 3.82. The molecule has 1 saturated carbocycles. The SMILES string of the molecule is Cc1csc(SC(c2ccccc2)C2CC2(Cl)Cl)n1. The second-order valence-corrected chi connectivity index (χ2v) is 8.56. The summed E-state index contributed by atoms with van der Waals surface area (Å²) in [6.45, 7) is 2.02. The van der Waals surface area contributed by atoms with Gasteiger partial charge < -0.3 is 0 Å². The minimum atomic E-state index is -0.570. The molecule has 5 heteroatoms. The molecular formula is C14H13Cl2NS2. The smallest absolute Gasteiger partial charge is 0.150 e. The van der Waals surface area contributed by atoms with Crippen LogP contribution >= 0.6 is 46.3 Å². The minimum absolute atomic E-state index is 0.279. The van der Waals surface area contributed by atoms with E-state index < -0.39 is 4.33 Å². The molecule has 2 atom stereocenters. The quantitative estimate of drug-likeness (QED) is 0.544. The van der Waals surface area contributed by atoms with Gasteiger partial charge in [0, 0.05) is 22.2 Å². The first-order chi connectivity index (χ1) is 9.06. The highest BCUT2D eigenvalue weighted by Gasteiger charge is 2.56. The maximum atomic E-state index is 6.26. The van der Waals surface area contributed by atoms with E-state index in [9.17, 15) is 0 Å². The molecule has 1 heterocycles. The van der Waals surface area contributed by atoms with Gasteiger partial charge in [0.15, 0.2) is 4.34 Å². The van der Waals surface area contributed by atoms with Crippen molar-refractivity contribution in [3.05, 3.63) is 47.0 Å². The van der Waals surface area contributed by atoms with Crippen LogP contribution in [0, 0.1) is 12.8 Å². The van der Waals surface area contributed by atoms with Gasteiger partial charge in [-0.2, -0.15) is 0 Å². The lowest BCUT2D eigenvalue weighted by Gasteiger charge is -2.16. The third-order valence-electron chi connectivity index (χ3n) is 3.19. The van der Waals surface area contributed by atoms with Crippen LogP contribution in [0.3, 0.4) is 0 Å². The molecule has 0 bridgehead atoms. The molecule has 0 aliphatic heterocycles. The number of benzene rings is 1. The minimum Gasteiger partial charge on any atom is -0.235 e. The summed E-state index contributed by atoms with van der Waals surface area (Å²) >= 11 is 16.0. The lowest BCUT2D eigenvalue weighted by molar-refractivity contribution is 0.796. The summed E-state index contributed by atoms with van der Waals surface area (Å²) in [4.78, 5) is 4.53. The third-order valence-corrected chi connectivity index (χ3v) is 6.54. The number of hydrogen-bond donors (Lipinski definition) is 0. The molecule has 0 N–H and O–H groups in total. The zero-order valence-corrected chi connectivity index (χ0v) is 13.5. The number of thioether (sulfide) groups is 1. The maximum absolute atomic E-state index is 6.26. The summed E-state index contributed by atoms with van der Waals surface area (Å²) in [5.41, 5.74) is 2.34. The first-order valence-corrected chi connectivity index (χ1v) is 8.59. The Hall–Kier alpha value is -0.220. The molecule has 0 spiro atoms. The highest BCUT2D eigenvalue weighted by molar-refractivity contribution is 8.01. The summed E-state index contributed by atoms with van der Waals surface area (Å²) in [5, 5.41) is 2.35. The van der Waals surface area contributed by atoms with Crippen molar-refractivity contribution in [3.8, 4) is 0 Å². The van der Waals surface area contributed by atoms with E-state index in [2.05, 4.69) is 34.6 Å². The van der Waals surface area contributed by atoms with Gasteiger partial charge in [-0.05, 0) is 18.9 Å². The van der Waals surface area contributed by atoms with Gasteiger partial charge in [-0.15, -0.1) is 34.5 Å². The molecule has 1 aromatic heterocycles. The van der Waals surface area contributed by atoms with Gasteiger partial charge in [0.25, 0.3) is 0 Å². The summed E-state index contributed by atoms with van der Waals surface area (Å²) < 4.78 is 0.516. The molecule has 1 nitrogen and oxygen atoms in total. The summed E-state index contributed by atoms with van der Waals surface area (Å²) in [6, 6.07) is 10.4. The molecule has 0 amide bonds. The zero-order valence-electron chi connectivity index (χ0n) is 10.3. The van der Waals surface area contributed by atoms with Gasteiger partial charge in [-0.25, -0.2) is 4.98 Å². The van der Waals surface area contributed by atoms with Crippen LogP contribution in [0.5, 0.6) is 0 Å². The van der Waals surface area contributed by atoms with Gasteiger partial charge in [-0.3, -0.25) is 0 Å². The Bertz CT molecular complexity index is 568. The molecule has 1 fully saturated rings. The highest BCUT2D eigenvalue weighted by atomic mass is 35.5. The molecule has 2 aromatic rings. The predicted molar refractivity (Wildman–Crippen MR) is 84.4 cm³/mol. The Balaban J connectivity index is 1.85. The average molecular weight is 330 g/mol. The van der Waals surface area contributed by atoms with Crippen LogP contribution in [0.15, 0.2) is 40.1 Å². The van der Waals surface area contributed by atoms with Crippen molar-refractivity contribution in [2.75, 3.05) is 0 Å². The zero-order chi connectivity index (χ0) is 13.5. The third kappa shape index (κ3) is 3.10. The number of rotatable bonds is 4. The van der Waals surface area contributed by atoms with Crippen LogP contribution in [0.1, 0.15) is 22.9 Å². The van der Waals surface area contributed by atoms with Crippen LogP contribution in [0.2, 0.25) is 0 Å². The van der Waals surface area contributed by atoms with Crippen molar-refractivity contribution in [2.24, 2.45) is 5.92 Å². The number of alkyl halides is 2. The van der Waals surface area contributed by atoms with Crippen LogP contribution in [0.4, 0.5) is 0 Å². The first-order valence-electron chi connectivity index (χ1n) is 6.08. The molecule has 100 valence electrons. The fraction of sp³-hybridized carbons (Fsp3) is 0.357. The molecule has 1 aliphatic rings. The van der Waals surface area contributed by atoms with Crippen molar-refractivity contribution in [1.82, 2.24) is 4.98 Å². The van der Waals surface area contributed by atoms with Gasteiger partial charge in [0.2, 0.25) is 0 Å². The van der Waals surface area contributed by atoms with E-state index in [1.54, 1.807) is 23.1 Å². The normalized spacial score (nSPS) is 22.2. The van der Waals surface area contributed by atoms with E-state index in [-0.39, 0.29) is 5.25 Å². The molecule has 0 radical (unpaired) electrons. The number of hydrogen-bond acceptors (Lipinski definition) is 3. The molecular weight excluding hydrogens is 317 g/mol. The van der Waals surface area contributed by atoms with Crippen LogP contribution in [0.25, 0.3) is 0 Å². The molecule has 0 saturated heterocycles. The van der Waals surface area contributed by atoms with Crippen LogP contribution in [-0.4, -0.2) is 9.32 Å². The fourth-order valence-electron chi connectivity index (χ4n) is 2.08. The number of halogens is 2. The topological polar surface area (TPSA) is 12.9 Å². The van der Waals surface area contributed by atoms with E-state index in [1.807, 2.05) is 13.0 Å². The number of nitrogens with zero attached hydrogens (tertiary/aromatic N) is 1. The Labute approximate surface area is 131 Å². The maximum Gasteiger partial charge on any atom is 0.150 e. The van der Waals surface area contributed by atoms with E-state index >= 15 is 0 Å². The van der Waals surface area contributed by atoms with E-state index in [1.165, 1.54) is 5.56 Å². The van der Waals surface area contributed by atoms with Crippen LogP contribution < -0.4 is 0 Å². The predicted octanol–water partition coefficient (Wildman–Crippen LogP) is 5.48. The summed E-state index contributed by atoms with van der Waals surface area (Å²) in [5.74, 6) is 0.299. The average Bonchev–Trinajstić information content (AvgIpc) is 2.81. The first kappa shape index (κ1) is 13.7. The van der Waals surface area contributed by atoms with Gasteiger partial charge in [-0.1, -0.05) is 42.1 Å². The number of thiazole rings is 1. The van der Waals surface area contributed by atoms with E-state index in [0.717, 1.165) is 16.5 Å². The monoisotopic (exact) mass is 329 g/mol.